The predicted molar refractivity (Wildman–Crippen MR) is 96.9 cm³/mol. The van der Waals surface area contributed by atoms with E-state index in [0.29, 0.717) is 29.5 Å². The van der Waals surface area contributed by atoms with E-state index in [0.717, 1.165) is 25.1 Å². The Morgan fingerprint density at radius 2 is 1.91 bits per heavy atom. The number of aryl methyl sites for hydroxylation is 1. The lowest BCUT2D eigenvalue weighted by Crippen LogP contribution is -2.50. The van der Waals surface area contributed by atoms with E-state index in [1.54, 1.807) is 0 Å². The summed E-state index contributed by atoms with van der Waals surface area (Å²) in [6.45, 7) is 13.6. The number of nitrogens with zero attached hydrogens (tertiary/aromatic N) is 1. The van der Waals surface area contributed by atoms with E-state index < -0.39 is 0 Å². The van der Waals surface area contributed by atoms with Crippen molar-refractivity contribution in [3.8, 4) is 5.88 Å². The van der Waals surface area contributed by atoms with Crippen LogP contribution in [0.4, 0.5) is 0 Å². The number of hydrogen-bond acceptors (Lipinski definition) is 3. The van der Waals surface area contributed by atoms with Gasteiger partial charge in [0.1, 0.15) is 6.10 Å². The molecule has 1 aliphatic carbocycles. The lowest BCUT2D eigenvalue weighted by atomic mass is 9.88. The SMILES string of the molecule is CC(C)[C@H](C)NC1CC(Oc2ccc(CCC(C)(C)C)cn2)C1. The molecule has 1 atom stereocenters. The van der Waals surface area contributed by atoms with Crippen molar-refractivity contribution in [1.82, 2.24) is 10.3 Å². The van der Waals surface area contributed by atoms with Gasteiger partial charge >= 0.3 is 0 Å². The van der Waals surface area contributed by atoms with Crippen LogP contribution in [0.2, 0.25) is 0 Å². The Bertz CT molecular complexity index is 469. The quantitative estimate of drug-likeness (QED) is 0.797. The van der Waals surface area contributed by atoms with Crippen LogP contribution in [-0.2, 0) is 6.42 Å². The normalized spacial score (nSPS) is 22.7. The molecule has 0 bridgehead atoms. The summed E-state index contributed by atoms with van der Waals surface area (Å²) in [5.74, 6) is 1.45. The summed E-state index contributed by atoms with van der Waals surface area (Å²) < 4.78 is 5.97. The maximum Gasteiger partial charge on any atom is 0.213 e. The van der Waals surface area contributed by atoms with Crippen LogP contribution in [0.15, 0.2) is 18.3 Å². The van der Waals surface area contributed by atoms with Gasteiger partial charge in [-0.05, 0) is 49.5 Å². The standard InChI is InChI=1S/C20H34N2O/c1-14(2)15(3)22-17-11-18(12-17)23-19-8-7-16(13-21-19)9-10-20(4,5)6/h7-8,13-15,17-18,22H,9-12H2,1-6H3/t15-,17?,18?/m0/s1. The van der Waals surface area contributed by atoms with Gasteiger partial charge in [-0.2, -0.15) is 0 Å². The monoisotopic (exact) mass is 318 g/mol. The van der Waals surface area contributed by atoms with E-state index >= 15 is 0 Å². The van der Waals surface area contributed by atoms with E-state index in [-0.39, 0.29) is 0 Å². The number of ether oxygens (including phenoxy) is 1. The van der Waals surface area contributed by atoms with Crippen LogP contribution in [0.5, 0.6) is 5.88 Å². The van der Waals surface area contributed by atoms with Gasteiger partial charge in [0.05, 0.1) is 0 Å². The minimum Gasteiger partial charge on any atom is -0.474 e. The first kappa shape index (κ1) is 18.3. The largest absolute Gasteiger partial charge is 0.474 e. The van der Waals surface area contributed by atoms with Gasteiger partial charge in [-0.15, -0.1) is 0 Å². The minimum atomic E-state index is 0.319. The van der Waals surface area contributed by atoms with Crippen LogP contribution >= 0.6 is 0 Å². The Kier molecular flexibility index (Phi) is 6.07. The Balaban J connectivity index is 1.71. The molecular formula is C20H34N2O. The van der Waals surface area contributed by atoms with Gasteiger partial charge in [-0.25, -0.2) is 4.98 Å². The van der Waals surface area contributed by atoms with Crippen molar-refractivity contribution in [2.45, 2.75) is 85.4 Å². The molecule has 0 aromatic carbocycles. The van der Waals surface area contributed by atoms with Crippen molar-refractivity contribution in [1.29, 1.82) is 0 Å². The van der Waals surface area contributed by atoms with E-state index in [2.05, 4.69) is 57.9 Å². The van der Waals surface area contributed by atoms with Crippen molar-refractivity contribution in [3.63, 3.8) is 0 Å². The fraction of sp³-hybridized carbons (Fsp3) is 0.750. The van der Waals surface area contributed by atoms with Crippen LogP contribution in [0, 0.1) is 11.3 Å². The molecule has 0 spiro atoms. The molecule has 3 heteroatoms. The van der Waals surface area contributed by atoms with Gasteiger partial charge in [-0.3, -0.25) is 0 Å². The van der Waals surface area contributed by atoms with E-state index in [1.165, 1.54) is 12.0 Å². The van der Waals surface area contributed by atoms with Gasteiger partial charge < -0.3 is 10.1 Å². The molecule has 1 saturated carbocycles. The first-order valence-corrected chi connectivity index (χ1v) is 9.10. The van der Waals surface area contributed by atoms with E-state index in [4.69, 9.17) is 4.74 Å². The smallest absolute Gasteiger partial charge is 0.213 e. The highest BCUT2D eigenvalue weighted by Crippen LogP contribution is 2.26. The lowest BCUT2D eigenvalue weighted by Gasteiger charge is -2.38. The van der Waals surface area contributed by atoms with Gasteiger partial charge in [0.15, 0.2) is 0 Å². The molecule has 23 heavy (non-hydrogen) atoms. The van der Waals surface area contributed by atoms with Crippen LogP contribution < -0.4 is 10.1 Å². The summed E-state index contributed by atoms with van der Waals surface area (Å²) in [6, 6.07) is 5.35. The zero-order valence-electron chi connectivity index (χ0n) is 15.7. The second kappa shape index (κ2) is 7.65. The molecule has 1 aliphatic rings. The third kappa shape index (κ3) is 6.14. The first-order chi connectivity index (χ1) is 10.7. The van der Waals surface area contributed by atoms with Crippen molar-refractivity contribution < 1.29 is 4.74 Å². The van der Waals surface area contributed by atoms with Gasteiger partial charge in [-0.1, -0.05) is 40.7 Å². The zero-order valence-corrected chi connectivity index (χ0v) is 15.7. The second-order valence-electron chi connectivity index (χ2n) is 8.67. The highest BCUT2D eigenvalue weighted by molar-refractivity contribution is 5.18. The Morgan fingerprint density at radius 3 is 2.43 bits per heavy atom. The van der Waals surface area contributed by atoms with Gasteiger partial charge in [0, 0.05) is 24.3 Å². The fourth-order valence-electron chi connectivity index (χ4n) is 2.68. The Labute approximate surface area is 142 Å². The molecule has 0 unspecified atom stereocenters. The maximum atomic E-state index is 5.97. The van der Waals surface area contributed by atoms with Crippen LogP contribution in [-0.4, -0.2) is 23.2 Å². The third-order valence-corrected chi connectivity index (χ3v) is 4.84. The van der Waals surface area contributed by atoms with Crippen molar-refractivity contribution >= 4 is 0 Å². The predicted octanol–water partition coefficient (Wildman–Crippen LogP) is 4.60. The van der Waals surface area contributed by atoms with Crippen LogP contribution in [0.3, 0.4) is 0 Å². The highest BCUT2D eigenvalue weighted by atomic mass is 16.5. The molecule has 130 valence electrons. The molecule has 1 aromatic rings. The first-order valence-electron chi connectivity index (χ1n) is 9.10. The number of nitrogens with one attached hydrogen (secondary N) is 1. The third-order valence-electron chi connectivity index (χ3n) is 4.84. The molecule has 1 aromatic heterocycles. The summed E-state index contributed by atoms with van der Waals surface area (Å²) in [6.07, 6.45) is 6.73. The molecule has 2 rings (SSSR count). The van der Waals surface area contributed by atoms with Gasteiger partial charge in [0.2, 0.25) is 5.88 Å². The Hall–Kier alpha value is -1.09. The highest BCUT2D eigenvalue weighted by Gasteiger charge is 2.32. The van der Waals surface area contributed by atoms with E-state index in [9.17, 15) is 0 Å². The number of hydrogen-bond donors (Lipinski definition) is 1. The number of pyridine rings is 1. The van der Waals surface area contributed by atoms with Crippen molar-refractivity contribution in [2.75, 3.05) is 0 Å². The molecule has 0 amide bonds. The lowest BCUT2D eigenvalue weighted by molar-refractivity contribution is 0.0733. The molecule has 0 aliphatic heterocycles. The summed E-state index contributed by atoms with van der Waals surface area (Å²) in [5.41, 5.74) is 1.67. The number of aromatic nitrogens is 1. The molecule has 1 N–H and O–H groups in total. The molecule has 0 saturated heterocycles. The van der Waals surface area contributed by atoms with Crippen molar-refractivity contribution in [3.05, 3.63) is 23.9 Å². The van der Waals surface area contributed by atoms with Gasteiger partial charge in [0.25, 0.3) is 0 Å². The second-order valence-corrected chi connectivity index (χ2v) is 8.67. The van der Waals surface area contributed by atoms with Crippen LogP contribution in [0.1, 0.15) is 66.4 Å². The molecule has 0 radical (unpaired) electrons. The summed E-state index contributed by atoms with van der Waals surface area (Å²) in [4.78, 5) is 4.47. The molecular weight excluding hydrogens is 284 g/mol. The summed E-state index contributed by atoms with van der Waals surface area (Å²) in [5, 5.41) is 3.67. The minimum absolute atomic E-state index is 0.319. The summed E-state index contributed by atoms with van der Waals surface area (Å²) >= 11 is 0. The van der Waals surface area contributed by atoms with Crippen molar-refractivity contribution in [2.24, 2.45) is 11.3 Å². The average Bonchev–Trinajstić information content (AvgIpc) is 2.43. The fourth-order valence-corrected chi connectivity index (χ4v) is 2.68. The average molecular weight is 319 g/mol. The number of rotatable bonds is 7. The maximum absolute atomic E-state index is 5.97. The Morgan fingerprint density at radius 1 is 1.22 bits per heavy atom. The molecule has 1 fully saturated rings. The van der Waals surface area contributed by atoms with E-state index in [1.807, 2.05) is 12.3 Å². The topological polar surface area (TPSA) is 34.1 Å². The molecule has 3 nitrogen and oxygen atoms in total. The summed E-state index contributed by atoms with van der Waals surface area (Å²) in [7, 11) is 0. The van der Waals surface area contributed by atoms with Crippen LogP contribution in [0.25, 0.3) is 0 Å². The molecule has 1 heterocycles. The zero-order chi connectivity index (χ0) is 17.0.